The summed E-state index contributed by atoms with van der Waals surface area (Å²) in [6, 6.07) is 11.5. The number of benzene rings is 2. The van der Waals surface area contributed by atoms with Gasteiger partial charge in [-0.3, -0.25) is 13.9 Å². The van der Waals surface area contributed by atoms with Crippen molar-refractivity contribution in [3.05, 3.63) is 53.6 Å². The van der Waals surface area contributed by atoms with Gasteiger partial charge in [-0.1, -0.05) is 32.0 Å². The fraction of sp³-hybridized carbons (Fsp3) is 0.462. The van der Waals surface area contributed by atoms with E-state index in [1.807, 2.05) is 26.8 Å². The maximum Gasteiger partial charge on any atom is 0.244 e. The van der Waals surface area contributed by atoms with E-state index in [1.54, 1.807) is 43.5 Å². The second-order valence-electron chi connectivity index (χ2n) is 8.53. The van der Waals surface area contributed by atoms with Gasteiger partial charge in [0, 0.05) is 13.1 Å². The molecule has 0 aliphatic heterocycles. The second kappa shape index (κ2) is 13.2. The largest absolute Gasteiger partial charge is 0.497 e. The van der Waals surface area contributed by atoms with E-state index in [-0.39, 0.29) is 18.1 Å². The standard InChI is InChI=1S/C26H37N3O6S/c1-7-14-27-26(31)22(8-2)28(17-20-10-9-11-21(16-20)34-4)25(30)18-29(36(6,32)33)23-15-19(3)12-13-24(23)35-5/h9-13,15-16,22H,7-8,14,17-18H2,1-6H3,(H,27,31). The summed E-state index contributed by atoms with van der Waals surface area (Å²) < 4.78 is 37.4. The summed E-state index contributed by atoms with van der Waals surface area (Å²) >= 11 is 0. The Labute approximate surface area is 214 Å². The Morgan fingerprint density at radius 1 is 1.06 bits per heavy atom. The minimum atomic E-state index is -3.86. The number of carbonyl (C=O) groups is 2. The molecule has 198 valence electrons. The molecule has 0 fully saturated rings. The topological polar surface area (TPSA) is 105 Å². The van der Waals surface area contributed by atoms with Crippen LogP contribution in [0.2, 0.25) is 0 Å². The van der Waals surface area contributed by atoms with Crippen molar-refractivity contribution in [1.82, 2.24) is 10.2 Å². The van der Waals surface area contributed by atoms with Crippen LogP contribution in [0.5, 0.6) is 11.5 Å². The minimum Gasteiger partial charge on any atom is -0.497 e. The van der Waals surface area contributed by atoms with Gasteiger partial charge in [-0.15, -0.1) is 0 Å². The van der Waals surface area contributed by atoms with Crippen LogP contribution in [0.3, 0.4) is 0 Å². The molecule has 9 nitrogen and oxygen atoms in total. The van der Waals surface area contributed by atoms with E-state index in [0.717, 1.165) is 28.1 Å². The lowest BCUT2D eigenvalue weighted by atomic mass is 10.1. The highest BCUT2D eigenvalue weighted by atomic mass is 32.2. The lowest BCUT2D eigenvalue weighted by molar-refractivity contribution is -0.140. The average molecular weight is 520 g/mol. The molecule has 0 bridgehead atoms. The van der Waals surface area contributed by atoms with Crippen LogP contribution in [-0.4, -0.2) is 64.7 Å². The summed E-state index contributed by atoms with van der Waals surface area (Å²) in [6.45, 7) is 5.69. The average Bonchev–Trinajstić information content (AvgIpc) is 2.85. The van der Waals surface area contributed by atoms with Crippen molar-refractivity contribution < 1.29 is 27.5 Å². The van der Waals surface area contributed by atoms with Gasteiger partial charge in [0.1, 0.15) is 24.1 Å². The summed E-state index contributed by atoms with van der Waals surface area (Å²) in [5, 5.41) is 2.86. The van der Waals surface area contributed by atoms with Crippen molar-refractivity contribution >= 4 is 27.5 Å². The summed E-state index contributed by atoms with van der Waals surface area (Å²) in [7, 11) is -0.870. The van der Waals surface area contributed by atoms with Gasteiger partial charge in [0.15, 0.2) is 0 Å². The molecular weight excluding hydrogens is 482 g/mol. The van der Waals surface area contributed by atoms with Crippen LogP contribution in [-0.2, 0) is 26.2 Å². The van der Waals surface area contributed by atoms with Crippen molar-refractivity contribution in [2.75, 3.05) is 37.9 Å². The van der Waals surface area contributed by atoms with Gasteiger partial charge in [0.2, 0.25) is 21.8 Å². The number of ether oxygens (including phenoxy) is 2. The molecule has 10 heteroatoms. The molecule has 0 saturated heterocycles. The Kier molecular flexibility index (Phi) is 10.6. The van der Waals surface area contributed by atoms with Gasteiger partial charge < -0.3 is 19.7 Å². The summed E-state index contributed by atoms with van der Waals surface area (Å²) in [5.41, 5.74) is 1.83. The van der Waals surface area contributed by atoms with E-state index in [4.69, 9.17) is 9.47 Å². The third-order valence-corrected chi connectivity index (χ3v) is 6.83. The predicted octanol–water partition coefficient (Wildman–Crippen LogP) is 3.11. The van der Waals surface area contributed by atoms with E-state index in [1.165, 1.54) is 12.0 Å². The lowest BCUT2D eigenvalue weighted by Crippen LogP contribution is -2.52. The Bertz CT molecular complexity index is 1150. The highest BCUT2D eigenvalue weighted by Crippen LogP contribution is 2.31. The number of nitrogens with zero attached hydrogens (tertiary/aromatic N) is 2. The van der Waals surface area contributed by atoms with E-state index in [9.17, 15) is 18.0 Å². The Morgan fingerprint density at radius 3 is 2.36 bits per heavy atom. The molecule has 2 aromatic rings. The van der Waals surface area contributed by atoms with Gasteiger partial charge in [-0.2, -0.15) is 0 Å². The normalized spacial score (nSPS) is 11.9. The highest BCUT2D eigenvalue weighted by Gasteiger charge is 2.32. The van der Waals surface area contributed by atoms with Crippen molar-refractivity contribution in [3.8, 4) is 11.5 Å². The van der Waals surface area contributed by atoms with Crippen LogP contribution < -0.4 is 19.1 Å². The number of anilines is 1. The molecule has 2 amide bonds. The number of hydrogen-bond acceptors (Lipinski definition) is 6. The molecule has 2 aromatic carbocycles. The van der Waals surface area contributed by atoms with Crippen LogP contribution in [0.15, 0.2) is 42.5 Å². The predicted molar refractivity (Wildman–Crippen MR) is 141 cm³/mol. The monoisotopic (exact) mass is 519 g/mol. The van der Waals surface area contributed by atoms with Crippen LogP contribution in [0.4, 0.5) is 5.69 Å². The Balaban J connectivity index is 2.51. The van der Waals surface area contributed by atoms with Gasteiger partial charge in [-0.05, 0) is 55.2 Å². The van der Waals surface area contributed by atoms with Gasteiger partial charge in [-0.25, -0.2) is 8.42 Å². The zero-order chi connectivity index (χ0) is 26.9. The number of carbonyl (C=O) groups excluding carboxylic acids is 2. The number of nitrogens with one attached hydrogen (secondary N) is 1. The molecule has 0 spiro atoms. The molecular formula is C26H37N3O6S. The molecule has 0 aliphatic carbocycles. The number of sulfonamides is 1. The second-order valence-corrected chi connectivity index (χ2v) is 10.4. The zero-order valence-corrected chi connectivity index (χ0v) is 22.7. The number of amides is 2. The molecule has 0 heterocycles. The quantitative estimate of drug-likeness (QED) is 0.436. The smallest absolute Gasteiger partial charge is 0.244 e. The number of methoxy groups -OCH3 is 2. The minimum absolute atomic E-state index is 0.108. The molecule has 0 aliphatic rings. The Morgan fingerprint density at radius 2 is 1.78 bits per heavy atom. The van der Waals surface area contributed by atoms with E-state index >= 15 is 0 Å². The number of aryl methyl sites for hydroxylation is 1. The molecule has 1 atom stereocenters. The lowest BCUT2D eigenvalue weighted by Gasteiger charge is -2.33. The first-order valence-corrected chi connectivity index (χ1v) is 13.7. The van der Waals surface area contributed by atoms with Gasteiger partial charge >= 0.3 is 0 Å². The van der Waals surface area contributed by atoms with Crippen molar-refractivity contribution in [2.45, 2.75) is 46.2 Å². The highest BCUT2D eigenvalue weighted by molar-refractivity contribution is 7.92. The van der Waals surface area contributed by atoms with Crippen LogP contribution in [0, 0.1) is 6.92 Å². The van der Waals surface area contributed by atoms with Crippen molar-refractivity contribution in [2.24, 2.45) is 0 Å². The number of rotatable bonds is 13. The SMILES string of the molecule is CCCNC(=O)C(CC)N(Cc1cccc(OC)c1)C(=O)CN(c1cc(C)ccc1OC)S(C)(=O)=O. The zero-order valence-electron chi connectivity index (χ0n) is 21.9. The maximum absolute atomic E-state index is 13.8. The van der Waals surface area contributed by atoms with Crippen LogP contribution in [0.25, 0.3) is 0 Å². The van der Waals surface area contributed by atoms with Crippen LogP contribution in [0.1, 0.15) is 37.8 Å². The summed E-state index contributed by atoms with van der Waals surface area (Å²) in [4.78, 5) is 28.2. The molecule has 36 heavy (non-hydrogen) atoms. The van der Waals surface area contributed by atoms with Gasteiger partial charge in [0.25, 0.3) is 0 Å². The maximum atomic E-state index is 13.8. The molecule has 0 aromatic heterocycles. The van der Waals surface area contributed by atoms with E-state index in [2.05, 4.69) is 5.32 Å². The molecule has 1 N–H and O–H groups in total. The first-order valence-electron chi connectivity index (χ1n) is 11.9. The number of hydrogen-bond donors (Lipinski definition) is 1. The first-order chi connectivity index (χ1) is 17.0. The third kappa shape index (κ3) is 7.61. The summed E-state index contributed by atoms with van der Waals surface area (Å²) in [5.74, 6) is 0.150. The van der Waals surface area contributed by atoms with E-state index in [0.29, 0.717) is 24.5 Å². The fourth-order valence-electron chi connectivity index (χ4n) is 3.84. The van der Waals surface area contributed by atoms with Gasteiger partial charge in [0.05, 0.1) is 26.2 Å². The summed E-state index contributed by atoms with van der Waals surface area (Å²) in [6.07, 6.45) is 2.15. The van der Waals surface area contributed by atoms with Crippen molar-refractivity contribution in [3.63, 3.8) is 0 Å². The first kappa shape index (κ1) is 29.0. The molecule has 2 rings (SSSR count). The molecule has 0 radical (unpaired) electrons. The molecule has 1 unspecified atom stereocenters. The van der Waals surface area contributed by atoms with Crippen LogP contribution >= 0.6 is 0 Å². The Hall–Kier alpha value is -3.27. The third-order valence-electron chi connectivity index (χ3n) is 5.70. The van der Waals surface area contributed by atoms with Crippen molar-refractivity contribution in [1.29, 1.82) is 0 Å². The fourth-order valence-corrected chi connectivity index (χ4v) is 4.69. The van der Waals surface area contributed by atoms with E-state index < -0.39 is 28.5 Å². The molecule has 0 saturated carbocycles.